The monoisotopic (exact) mass is 349 g/mol. The molecule has 110 valence electrons. The van der Waals surface area contributed by atoms with Gasteiger partial charge in [0.1, 0.15) is 5.56 Å². The molecule has 0 aliphatic carbocycles. The highest BCUT2D eigenvalue weighted by Gasteiger charge is 2.18. The number of nitrogens with zero attached hydrogens (tertiary/aromatic N) is 1. The number of hydrogen-bond donors (Lipinski definition) is 0. The van der Waals surface area contributed by atoms with Crippen LogP contribution in [0.3, 0.4) is 0 Å². The summed E-state index contributed by atoms with van der Waals surface area (Å²) < 4.78 is 6.50. The normalized spacial score (nSPS) is 10.4. The van der Waals surface area contributed by atoms with E-state index in [9.17, 15) is 9.59 Å². The molecule has 0 aliphatic heterocycles. The van der Waals surface area contributed by atoms with Crippen molar-refractivity contribution >= 4 is 21.9 Å². The molecule has 4 nitrogen and oxygen atoms in total. The number of pyridine rings is 1. The molecule has 0 atom stereocenters. The van der Waals surface area contributed by atoms with E-state index < -0.39 is 5.97 Å². The zero-order chi connectivity index (χ0) is 15.2. The lowest BCUT2D eigenvalue weighted by molar-refractivity contribution is 0.0522. The smallest absolute Gasteiger partial charge is 0.344 e. The molecular weight excluding hydrogens is 334 g/mol. The molecule has 0 N–H and O–H groups in total. The molecule has 0 saturated heterocycles. The second-order valence-electron chi connectivity index (χ2n) is 4.49. The maximum Gasteiger partial charge on any atom is 0.344 e. The molecule has 1 aromatic carbocycles. The van der Waals surface area contributed by atoms with E-state index in [1.165, 1.54) is 4.57 Å². The van der Waals surface area contributed by atoms with Crippen molar-refractivity contribution in [1.82, 2.24) is 4.57 Å². The minimum atomic E-state index is -0.570. The van der Waals surface area contributed by atoms with Crippen LogP contribution in [0.15, 0.2) is 47.4 Å². The number of carbonyl (C=O) groups excluding carboxylic acids is 1. The average molecular weight is 350 g/mol. The van der Waals surface area contributed by atoms with Crippen molar-refractivity contribution in [3.8, 4) is 0 Å². The van der Waals surface area contributed by atoms with Gasteiger partial charge in [-0.05, 0) is 24.1 Å². The van der Waals surface area contributed by atoms with Crippen molar-refractivity contribution in [1.29, 1.82) is 0 Å². The quantitative estimate of drug-likeness (QED) is 0.615. The summed E-state index contributed by atoms with van der Waals surface area (Å²) in [6, 6.07) is 11.4. The molecule has 0 spiro atoms. The van der Waals surface area contributed by atoms with Crippen molar-refractivity contribution in [2.45, 2.75) is 18.8 Å². The summed E-state index contributed by atoms with van der Waals surface area (Å²) in [4.78, 5) is 24.5. The van der Waals surface area contributed by atoms with Gasteiger partial charge in [-0.2, -0.15) is 0 Å². The standard InChI is InChI=1S/C16H16BrNO3/c1-2-21-16(20)14-13(10-17)8-9-18(15(14)19)11-12-6-4-3-5-7-12/h3-9H,2,10-11H2,1H3. The number of carbonyl (C=O) groups is 1. The Labute approximate surface area is 131 Å². The molecule has 2 aromatic rings. The second-order valence-corrected chi connectivity index (χ2v) is 5.05. The fourth-order valence-electron chi connectivity index (χ4n) is 2.05. The first-order valence-corrected chi connectivity index (χ1v) is 7.78. The van der Waals surface area contributed by atoms with Gasteiger partial charge < -0.3 is 9.30 Å². The molecule has 0 unspecified atom stereocenters. The van der Waals surface area contributed by atoms with Crippen molar-refractivity contribution < 1.29 is 9.53 Å². The molecule has 21 heavy (non-hydrogen) atoms. The fraction of sp³-hybridized carbons (Fsp3) is 0.250. The minimum absolute atomic E-state index is 0.104. The lowest BCUT2D eigenvalue weighted by Crippen LogP contribution is -2.29. The third kappa shape index (κ3) is 3.61. The molecule has 5 heteroatoms. The van der Waals surface area contributed by atoms with Crippen LogP contribution in [0.4, 0.5) is 0 Å². The highest BCUT2D eigenvalue weighted by Crippen LogP contribution is 2.11. The second kappa shape index (κ2) is 7.22. The molecule has 2 rings (SSSR count). The number of aromatic nitrogens is 1. The van der Waals surface area contributed by atoms with Gasteiger partial charge in [0.05, 0.1) is 13.2 Å². The number of esters is 1. The van der Waals surface area contributed by atoms with Crippen molar-refractivity contribution in [2.75, 3.05) is 6.61 Å². The lowest BCUT2D eigenvalue weighted by atomic mass is 10.1. The summed E-state index contributed by atoms with van der Waals surface area (Å²) in [5, 5.41) is 0.433. The van der Waals surface area contributed by atoms with Gasteiger partial charge in [-0.25, -0.2) is 4.79 Å². The summed E-state index contributed by atoms with van der Waals surface area (Å²) >= 11 is 3.30. The predicted molar refractivity (Wildman–Crippen MR) is 84.8 cm³/mol. The lowest BCUT2D eigenvalue weighted by Gasteiger charge is -2.11. The predicted octanol–water partition coefficient (Wildman–Crippen LogP) is 2.97. The van der Waals surface area contributed by atoms with E-state index in [1.807, 2.05) is 30.3 Å². The van der Waals surface area contributed by atoms with Crippen LogP contribution in [0.2, 0.25) is 0 Å². The molecule has 0 radical (unpaired) electrons. The Morgan fingerprint density at radius 1 is 1.24 bits per heavy atom. The van der Waals surface area contributed by atoms with Crippen LogP contribution in [0.1, 0.15) is 28.4 Å². The number of rotatable bonds is 5. The van der Waals surface area contributed by atoms with E-state index in [2.05, 4.69) is 15.9 Å². The average Bonchev–Trinajstić information content (AvgIpc) is 2.50. The summed E-state index contributed by atoms with van der Waals surface area (Å²) in [6.45, 7) is 2.39. The van der Waals surface area contributed by atoms with Gasteiger partial charge in [0.25, 0.3) is 5.56 Å². The van der Waals surface area contributed by atoms with Crippen LogP contribution >= 0.6 is 15.9 Å². The first-order chi connectivity index (χ1) is 10.2. The largest absolute Gasteiger partial charge is 0.462 e. The Kier molecular flexibility index (Phi) is 5.33. The molecule has 1 aromatic heterocycles. The fourth-order valence-corrected chi connectivity index (χ4v) is 2.52. The van der Waals surface area contributed by atoms with Crippen LogP contribution in [-0.4, -0.2) is 17.1 Å². The van der Waals surface area contributed by atoms with Gasteiger partial charge >= 0.3 is 5.97 Å². The zero-order valence-corrected chi connectivity index (χ0v) is 13.3. The van der Waals surface area contributed by atoms with Crippen molar-refractivity contribution in [2.24, 2.45) is 0 Å². The Bertz CT molecular complexity index is 680. The van der Waals surface area contributed by atoms with E-state index in [-0.39, 0.29) is 17.7 Å². The van der Waals surface area contributed by atoms with Gasteiger partial charge in [0, 0.05) is 11.5 Å². The molecule has 0 bridgehead atoms. The summed E-state index contributed by atoms with van der Waals surface area (Å²) in [7, 11) is 0. The molecule has 0 aliphatic rings. The zero-order valence-electron chi connectivity index (χ0n) is 11.7. The molecule has 0 fully saturated rings. The van der Waals surface area contributed by atoms with E-state index in [0.717, 1.165) is 5.56 Å². The van der Waals surface area contributed by atoms with Crippen molar-refractivity contribution in [3.05, 3.63) is 69.6 Å². The van der Waals surface area contributed by atoms with Crippen LogP contribution in [0.5, 0.6) is 0 Å². The Hall–Kier alpha value is -1.88. The van der Waals surface area contributed by atoms with Crippen LogP contribution in [0.25, 0.3) is 0 Å². The van der Waals surface area contributed by atoms with E-state index in [0.29, 0.717) is 17.4 Å². The highest BCUT2D eigenvalue weighted by molar-refractivity contribution is 9.08. The Morgan fingerprint density at radius 2 is 1.95 bits per heavy atom. The van der Waals surface area contributed by atoms with E-state index >= 15 is 0 Å². The molecular formula is C16H16BrNO3. The van der Waals surface area contributed by atoms with Crippen LogP contribution in [0, 0.1) is 0 Å². The van der Waals surface area contributed by atoms with Crippen molar-refractivity contribution in [3.63, 3.8) is 0 Å². The molecule has 0 saturated carbocycles. The maximum absolute atomic E-state index is 12.5. The Balaban J connectivity index is 2.43. The van der Waals surface area contributed by atoms with Crippen LogP contribution < -0.4 is 5.56 Å². The number of ether oxygens (including phenoxy) is 1. The highest BCUT2D eigenvalue weighted by atomic mass is 79.9. The van der Waals surface area contributed by atoms with Gasteiger partial charge in [-0.1, -0.05) is 46.3 Å². The number of hydrogen-bond acceptors (Lipinski definition) is 3. The van der Waals surface area contributed by atoms with E-state index in [1.54, 1.807) is 19.2 Å². The first kappa shape index (κ1) is 15.5. The first-order valence-electron chi connectivity index (χ1n) is 6.66. The topological polar surface area (TPSA) is 48.3 Å². The number of benzene rings is 1. The van der Waals surface area contributed by atoms with Gasteiger partial charge in [0.2, 0.25) is 0 Å². The summed E-state index contributed by atoms with van der Waals surface area (Å²) in [5.74, 6) is -0.570. The van der Waals surface area contributed by atoms with Gasteiger partial charge in [-0.3, -0.25) is 4.79 Å². The van der Waals surface area contributed by atoms with Gasteiger partial charge in [0.15, 0.2) is 0 Å². The number of halogens is 1. The summed E-state index contributed by atoms with van der Waals surface area (Å²) in [5.41, 5.74) is 1.42. The third-order valence-corrected chi connectivity index (χ3v) is 3.67. The Morgan fingerprint density at radius 3 is 2.57 bits per heavy atom. The van der Waals surface area contributed by atoms with Crippen LogP contribution in [-0.2, 0) is 16.6 Å². The van der Waals surface area contributed by atoms with Gasteiger partial charge in [-0.15, -0.1) is 0 Å². The molecule has 0 amide bonds. The summed E-state index contributed by atoms with van der Waals surface area (Å²) in [6.07, 6.45) is 1.70. The number of alkyl halides is 1. The minimum Gasteiger partial charge on any atom is -0.462 e. The maximum atomic E-state index is 12.5. The van der Waals surface area contributed by atoms with E-state index in [4.69, 9.17) is 4.74 Å². The third-order valence-electron chi connectivity index (χ3n) is 3.07. The SMILES string of the molecule is CCOC(=O)c1c(CBr)ccn(Cc2ccccc2)c1=O. The molecule has 1 heterocycles.